The number of aliphatic carboxylic acids is 1. The van der Waals surface area contributed by atoms with Gasteiger partial charge < -0.3 is 9.84 Å². The lowest BCUT2D eigenvalue weighted by molar-refractivity contribution is -0.153. The number of halogens is 3. The molecule has 0 bridgehead atoms. The largest absolute Gasteiger partial charge is 0.483 e. The molecule has 0 aliphatic heterocycles. The summed E-state index contributed by atoms with van der Waals surface area (Å²) in [5.41, 5.74) is 2.86. The van der Waals surface area contributed by atoms with Gasteiger partial charge in [-0.05, 0) is 47.7 Å². The Morgan fingerprint density at radius 3 is 2.62 bits per heavy atom. The third-order valence-electron chi connectivity index (χ3n) is 4.93. The molecule has 0 spiro atoms. The summed E-state index contributed by atoms with van der Waals surface area (Å²) in [4.78, 5) is 11.8. The Morgan fingerprint density at radius 1 is 1.17 bits per heavy atom. The van der Waals surface area contributed by atoms with Crippen molar-refractivity contribution in [2.24, 2.45) is 5.92 Å². The summed E-state index contributed by atoms with van der Waals surface area (Å²) in [5, 5.41) is 9.66. The molecule has 1 aliphatic carbocycles. The van der Waals surface area contributed by atoms with Crippen LogP contribution >= 0.6 is 11.7 Å². The zero-order valence-corrected chi connectivity index (χ0v) is 16.0. The zero-order chi connectivity index (χ0) is 20.6. The molecule has 1 saturated carbocycles. The van der Waals surface area contributed by atoms with Crippen molar-refractivity contribution in [1.82, 2.24) is 8.75 Å². The first kappa shape index (κ1) is 19.6. The maximum Gasteiger partial charge on any atom is 0.422 e. The molecule has 1 aliphatic rings. The molecule has 2 aromatic carbocycles. The molecule has 9 heteroatoms. The monoisotopic (exact) mass is 422 g/mol. The highest BCUT2D eigenvalue weighted by molar-refractivity contribution is 7.00. The summed E-state index contributed by atoms with van der Waals surface area (Å²) < 4.78 is 51.4. The number of fused-ring (bicyclic) bond motifs is 1. The van der Waals surface area contributed by atoms with Crippen LogP contribution in [0.4, 0.5) is 13.2 Å². The molecule has 1 fully saturated rings. The summed E-state index contributed by atoms with van der Waals surface area (Å²) in [5.74, 6) is -1.21. The number of aromatic nitrogens is 2. The van der Waals surface area contributed by atoms with E-state index >= 15 is 0 Å². The van der Waals surface area contributed by atoms with Crippen LogP contribution in [0, 0.1) is 5.92 Å². The highest BCUT2D eigenvalue weighted by atomic mass is 32.1. The van der Waals surface area contributed by atoms with Crippen LogP contribution in [0.1, 0.15) is 30.7 Å². The fourth-order valence-electron chi connectivity index (χ4n) is 3.29. The van der Waals surface area contributed by atoms with Crippen LogP contribution in [0.15, 0.2) is 36.4 Å². The lowest BCUT2D eigenvalue weighted by Crippen LogP contribution is -2.19. The maximum absolute atomic E-state index is 12.7. The van der Waals surface area contributed by atoms with E-state index < -0.39 is 24.7 Å². The van der Waals surface area contributed by atoms with Crippen molar-refractivity contribution in [2.45, 2.75) is 31.4 Å². The van der Waals surface area contributed by atoms with Gasteiger partial charge in [0, 0.05) is 5.56 Å². The van der Waals surface area contributed by atoms with Crippen LogP contribution < -0.4 is 4.74 Å². The summed E-state index contributed by atoms with van der Waals surface area (Å²) >= 11 is 1.04. The second-order valence-corrected chi connectivity index (χ2v) is 7.73. The molecule has 29 heavy (non-hydrogen) atoms. The van der Waals surface area contributed by atoms with Crippen LogP contribution in [0.2, 0.25) is 0 Å². The molecule has 1 atom stereocenters. The minimum Gasteiger partial charge on any atom is -0.483 e. The number of hydrogen-bond donors (Lipinski definition) is 1. The van der Waals surface area contributed by atoms with Gasteiger partial charge in [-0.3, -0.25) is 4.79 Å². The maximum atomic E-state index is 12.7. The summed E-state index contributed by atoms with van der Waals surface area (Å²) in [6.07, 6.45) is -1.94. The highest BCUT2D eigenvalue weighted by Gasteiger charge is 2.32. The third-order valence-corrected chi connectivity index (χ3v) is 5.48. The number of benzene rings is 2. The van der Waals surface area contributed by atoms with Crippen LogP contribution in [-0.2, 0) is 4.79 Å². The van der Waals surface area contributed by atoms with E-state index in [0.717, 1.165) is 24.6 Å². The first-order valence-electron chi connectivity index (χ1n) is 9.09. The van der Waals surface area contributed by atoms with Crippen LogP contribution in [-0.4, -0.2) is 32.6 Å². The Balaban J connectivity index is 1.75. The molecule has 0 radical (unpaired) electrons. The smallest absolute Gasteiger partial charge is 0.422 e. The van der Waals surface area contributed by atoms with Gasteiger partial charge in [0.25, 0.3) is 0 Å². The van der Waals surface area contributed by atoms with Gasteiger partial charge in [-0.1, -0.05) is 25.0 Å². The number of ether oxygens (including phenoxy) is 1. The van der Waals surface area contributed by atoms with E-state index in [1.807, 2.05) is 0 Å². The van der Waals surface area contributed by atoms with E-state index in [0.29, 0.717) is 40.1 Å². The Bertz CT molecular complexity index is 1050. The van der Waals surface area contributed by atoms with E-state index in [-0.39, 0.29) is 5.75 Å². The molecule has 1 unspecified atom stereocenters. The van der Waals surface area contributed by atoms with Crippen molar-refractivity contribution in [3.63, 3.8) is 0 Å². The van der Waals surface area contributed by atoms with Gasteiger partial charge in [-0.25, -0.2) is 0 Å². The van der Waals surface area contributed by atoms with E-state index in [1.165, 1.54) is 6.07 Å². The molecule has 1 heterocycles. The Morgan fingerprint density at radius 2 is 1.93 bits per heavy atom. The second-order valence-electron chi connectivity index (χ2n) is 7.20. The fourth-order valence-corrected chi connectivity index (χ4v) is 3.81. The second kappa shape index (κ2) is 7.62. The standard InChI is InChI=1S/C20H17F3N2O3S/c21-20(22,23)10-28-18-6-4-12(15(19(26)27)7-11-1-2-11)8-14(18)13-3-5-16-17(9-13)25-29-24-16/h3-6,8-9,11,15H,1-2,7,10H2,(H,26,27). The minimum atomic E-state index is -4.48. The molecule has 4 rings (SSSR count). The van der Waals surface area contributed by atoms with Crippen molar-refractivity contribution >= 4 is 28.7 Å². The van der Waals surface area contributed by atoms with Gasteiger partial charge in [0.15, 0.2) is 6.61 Å². The lowest BCUT2D eigenvalue weighted by Gasteiger charge is -2.18. The van der Waals surface area contributed by atoms with Crippen molar-refractivity contribution in [1.29, 1.82) is 0 Å². The fraction of sp³-hybridized carbons (Fsp3) is 0.350. The SMILES string of the molecule is O=C(O)C(CC1CC1)c1ccc(OCC(F)(F)F)c(-c2ccc3nsnc3c2)c1. The van der Waals surface area contributed by atoms with Gasteiger partial charge >= 0.3 is 12.1 Å². The molecule has 0 saturated heterocycles. The number of rotatable bonds is 7. The molecular weight excluding hydrogens is 405 g/mol. The van der Waals surface area contributed by atoms with Crippen LogP contribution in [0.5, 0.6) is 5.75 Å². The topological polar surface area (TPSA) is 72.3 Å². The zero-order valence-electron chi connectivity index (χ0n) is 15.1. The number of carboxylic acids is 1. The van der Waals surface area contributed by atoms with Crippen molar-refractivity contribution in [3.8, 4) is 16.9 Å². The van der Waals surface area contributed by atoms with E-state index in [1.54, 1.807) is 30.3 Å². The number of carbonyl (C=O) groups is 1. The van der Waals surface area contributed by atoms with Crippen LogP contribution in [0.3, 0.4) is 0 Å². The molecule has 3 aromatic rings. The van der Waals surface area contributed by atoms with Gasteiger partial charge in [-0.15, -0.1) is 0 Å². The van der Waals surface area contributed by atoms with Gasteiger partial charge in [0.05, 0.1) is 17.6 Å². The van der Waals surface area contributed by atoms with E-state index in [9.17, 15) is 23.1 Å². The number of carboxylic acid groups (broad SMARTS) is 1. The Labute approximate surface area is 168 Å². The molecule has 152 valence electrons. The predicted molar refractivity (Wildman–Crippen MR) is 102 cm³/mol. The van der Waals surface area contributed by atoms with Crippen LogP contribution in [0.25, 0.3) is 22.2 Å². The van der Waals surface area contributed by atoms with Gasteiger partial charge in [0.2, 0.25) is 0 Å². The van der Waals surface area contributed by atoms with E-state index in [4.69, 9.17) is 4.74 Å². The lowest BCUT2D eigenvalue weighted by atomic mass is 9.90. The first-order valence-corrected chi connectivity index (χ1v) is 9.82. The molecular formula is C20H17F3N2O3S. The van der Waals surface area contributed by atoms with Gasteiger partial charge in [-0.2, -0.15) is 21.9 Å². The highest BCUT2D eigenvalue weighted by Crippen LogP contribution is 2.41. The number of nitrogens with zero attached hydrogens (tertiary/aromatic N) is 2. The quantitative estimate of drug-likeness (QED) is 0.562. The molecule has 1 N–H and O–H groups in total. The molecule has 1 aromatic heterocycles. The molecule has 5 nitrogen and oxygen atoms in total. The predicted octanol–water partition coefficient (Wildman–Crippen LogP) is 5.27. The Kier molecular flexibility index (Phi) is 5.16. The van der Waals surface area contributed by atoms with Crippen molar-refractivity contribution in [2.75, 3.05) is 6.61 Å². The summed E-state index contributed by atoms with van der Waals surface area (Å²) in [7, 11) is 0. The summed E-state index contributed by atoms with van der Waals surface area (Å²) in [6.45, 7) is -1.43. The average molecular weight is 422 g/mol. The normalized spacial score (nSPS) is 15.4. The van der Waals surface area contributed by atoms with Gasteiger partial charge in [0.1, 0.15) is 16.8 Å². The third kappa shape index (κ3) is 4.67. The van der Waals surface area contributed by atoms with E-state index in [2.05, 4.69) is 8.75 Å². The molecule has 0 amide bonds. The average Bonchev–Trinajstić information content (AvgIpc) is 3.37. The Hall–Kier alpha value is -2.68. The minimum absolute atomic E-state index is 0.0455. The summed E-state index contributed by atoms with van der Waals surface area (Å²) in [6, 6.07) is 9.75. The number of alkyl halides is 3. The first-order chi connectivity index (χ1) is 13.8. The van der Waals surface area contributed by atoms with Crippen molar-refractivity contribution in [3.05, 3.63) is 42.0 Å². The number of hydrogen-bond acceptors (Lipinski definition) is 5. The van der Waals surface area contributed by atoms with Crippen molar-refractivity contribution < 1.29 is 27.8 Å².